The molecule has 5 heteroatoms. The van der Waals surface area contributed by atoms with Gasteiger partial charge in [-0.05, 0) is 12.8 Å². The molecule has 0 aromatic carbocycles. The molecule has 0 bridgehead atoms. The van der Waals surface area contributed by atoms with E-state index in [1.807, 2.05) is 13.8 Å². The molecule has 0 radical (unpaired) electrons. The van der Waals surface area contributed by atoms with Gasteiger partial charge in [0.1, 0.15) is 0 Å². The summed E-state index contributed by atoms with van der Waals surface area (Å²) in [5.41, 5.74) is 0. The zero-order valence-corrected chi connectivity index (χ0v) is 9.89. The van der Waals surface area contributed by atoms with Crippen LogP contribution in [-0.2, 0) is 9.59 Å². The number of hydrogen-bond donors (Lipinski definition) is 3. The Balaban J connectivity index is 3.66. The van der Waals surface area contributed by atoms with Gasteiger partial charge in [-0.1, -0.05) is 13.8 Å². The third-order valence-electron chi connectivity index (χ3n) is 1.92. The van der Waals surface area contributed by atoms with Crippen molar-refractivity contribution in [1.29, 1.82) is 0 Å². The van der Waals surface area contributed by atoms with Crippen LogP contribution in [0.15, 0.2) is 0 Å². The first-order chi connectivity index (χ1) is 6.97. The van der Waals surface area contributed by atoms with E-state index in [4.69, 9.17) is 0 Å². The third-order valence-corrected chi connectivity index (χ3v) is 1.92. The predicted octanol–water partition coefficient (Wildman–Crippen LogP) is -0.517. The van der Waals surface area contributed by atoms with Gasteiger partial charge in [-0.2, -0.15) is 0 Å². The molecule has 88 valence electrons. The van der Waals surface area contributed by atoms with E-state index < -0.39 is 0 Å². The standard InChI is InChI=1S/C10H21N3O2/c1-7(2)5-13-9(14)6-12-8(3)10(15)11-4/h7-8,12H,5-6H2,1-4H3,(H,11,15)(H,13,14). The topological polar surface area (TPSA) is 70.2 Å². The summed E-state index contributed by atoms with van der Waals surface area (Å²) < 4.78 is 0. The molecule has 1 atom stereocenters. The van der Waals surface area contributed by atoms with Gasteiger partial charge >= 0.3 is 0 Å². The van der Waals surface area contributed by atoms with Crippen LogP contribution in [0.2, 0.25) is 0 Å². The van der Waals surface area contributed by atoms with Crippen LogP contribution >= 0.6 is 0 Å². The Morgan fingerprint density at radius 1 is 1.20 bits per heavy atom. The molecule has 5 nitrogen and oxygen atoms in total. The van der Waals surface area contributed by atoms with Crippen LogP contribution in [-0.4, -0.2) is 38.0 Å². The van der Waals surface area contributed by atoms with Crippen molar-refractivity contribution in [3.63, 3.8) is 0 Å². The fourth-order valence-corrected chi connectivity index (χ4v) is 0.935. The zero-order valence-electron chi connectivity index (χ0n) is 9.89. The number of nitrogens with one attached hydrogen (secondary N) is 3. The van der Waals surface area contributed by atoms with Crippen molar-refractivity contribution < 1.29 is 9.59 Å². The van der Waals surface area contributed by atoms with Crippen molar-refractivity contribution in [3.05, 3.63) is 0 Å². The number of hydrogen-bond acceptors (Lipinski definition) is 3. The maximum absolute atomic E-state index is 11.3. The first-order valence-electron chi connectivity index (χ1n) is 5.19. The van der Waals surface area contributed by atoms with Gasteiger partial charge in [-0.25, -0.2) is 0 Å². The number of amides is 2. The largest absolute Gasteiger partial charge is 0.358 e. The molecular formula is C10H21N3O2. The summed E-state index contributed by atoms with van der Waals surface area (Å²) in [6.45, 7) is 6.60. The summed E-state index contributed by atoms with van der Waals surface area (Å²) in [6.07, 6.45) is 0. The van der Waals surface area contributed by atoms with Gasteiger partial charge < -0.3 is 10.6 Å². The Hall–Kier alpha value is -1.10. The molecule has 0 rings (SSSR count). The summed E-state index contributed by atoms with van der Waals surface area (Å²) in [6, 6.07) is -0.347. The van der Waals surface area contributed by atoms with E-state index in [1.165, 1.54) is 0 Å². The van der Waals surface area contributed by atoms with E-state index in [-0.39, 0.29) is 24.4 Å². The maximum Gasteiger partial charge on any atom is 0.236 e. The van der Waals surface area contributed by atoms with Crippen molar-refractivity contribution in [2.24, 2.45) is 5.92 Å². The van der Waals surface area contributed by atoms with Crippen LogP contribution in [0.5, 0.6) is 0 Å². The van der Waals surface area contributed by atoms with Crippen molar-refractivity contribution in [1.82, 2.24) is 16.0 Å². The average molecular weight is 215 g/mol. The molecule has 0 saturated carbocycles. The minimum absolute atomic E-state index is 0.0838. The smallest absolute Gasteiger partial charge is 0.236 e. The SMILES string of the molecule is CNC(=O)C(C)NCC(=O)NCC(C)C. The lowest BCUT2D eigenvalue weighted by Crippen LogP contribution is -2.45. The van der Waals surface area contributed by atoms with Crippen molar-refractivity contribution in [2.45, 2.75) is 26.8 Å². The lowest BCUT2D eigenvalue weighted by Gasteiger charge is -2.12. The highest BCUT2D eigenvalue weighted by atomic mass is 16.2. The maximum atomic E-state index is 11.3. The first-order valence-corrected chi connectivity index (χ1v) is 5.19. The van der Waals surface area contributed by atoms with Gasteiger partial charge in [0, 0.05) is 13.6 Å². The molecule has 0 heterocycles. The monoisotopic (exact) mass is 215 g/mol. The van der Waals surface area contributed by atoms with Gasteiger partial charge in [0.05, 0.1) is 12.6 Å². The van der Waals surface area contributed by atoms with Gasteiger partial charge in [0.25, 0.3) is 0 Å². The second-order valence-corrected chi connectivity index (χ2v) is 3.91. The number of carbonyl (C=O) groups is 2. The zero-order chi connectivity index (χ0) is 11.8. The van der Waals surface area contributed by atoms with Gasteiger partial charge in [0.2, 0.25) is 11.8 Å². The molecular weight excluding hydrogens is 194 g/mol. The molecule has 0 aliphatic rings. The molecule has 0 aromatic heterocycles. The predicted molar refractivity (Wildman–Crippen MR) is 59.4 cm³/mol. The fraction of sp³-hybridized carbons (Fsp3) is 0.800. The lowest BCUT2D eigenvalue weighted by molar-refractivity contribution is -0.123. The van der Waals surface area contributed by atoms with E-state index in [0.29, 0.717) is 12.5 Å². The Bertz CT molecular complexity index is 217. The Kier molecular flexibility index (Phi) is 6.70. The van der Waals surface area contributed by atoms with E-state index in [1.54, 1.807) is 14.0 Å². The van der Waals surface area contributed by atoms with Gasteiger partial charge in [-0.3, -0.25) is 14.9 Å². The fourth-order valence-electron chi connectivity index (χ4n) is 0.935. The molecule has 0 aliphatic carbocycles. The van der Waals surface area contributed by atoms with Crippen LogP contribution in [0.3, 0.4) is 0 Å². The Morgan fingerprint density at radius 3 is 2.27 bits per heavy atom. The van der Waals surface area contributed by atoms with Crippen LogP contribution in [0.25, 0.3) is 0 Å². The van der Waals surface area contributed by atoms with Crippen molar-refractivity contribution >= 4 is 11.8 Å². The summed E-state index contributed by atoms with van der Waals surface area (Å²) >= 11 is 0. The molecule has 15 heavy (non-hydrogen) atoms. The van der Waals surface area contributed by atoms with Crippen LogP contribution in [0.1, 0.15) is 20.8 Å². The summed E-state index contributed by atoms with van der Waals surface area (Å²) in [4.78, 5) is 22.3. The molecule has 3 N–H and O–H groups in total. The number of carbonyl (C=O) groups excluding carboxylic acids is 2. The second kappa shape index (κ2) is 7.23. The second-order valence-electron chi connectivity index (χ2n) is 3.91. The molecule has 0 fully saturated rings. The number of likely N-dealkylation sites (N-methyl/N-ethyl adjacent to an activating group) is 1. The van der Waals surface area contributed by atoms with E-state index >= 15 is 0 Å². The van der Waals surface area contributed by atoms with Crippen LogP contribution in [0.4, 0.5) is 0 Å². The highest BCUT2D eigenvalue weighted by Gasteiger charge is 2.11. The van der Waals surface area contributed by atoms with E-state index in [2.05, 4.69) is 16.0 Å². The summed E-state index contributed by atoms with van der Waals surface area (Å²) in [5, 5.41) is 8.10. The molecule has 2 amide bonds. The normalized spacial score (nSPS) is 12.3. The highest BCUT2D eigenvalue weighted by molar-refractivity contribution is 5.83. The highest BCUT2D eigenvalue weighted by Crippen LogP contribution is 1.86. The Morgan fingerprint density at radius 2 is 1.80 bits per heavy atom. The van der Waals surface area contributed by atoms with E-state index in [0.717, 1.165) is 0 Å². The minimum atomic E-state index is -0.347. The van der Waals surface area contributed by atoms with Crippen molar-refractivity contribution in [2.75, 3.05) is 20.1 Å². The lowest BCUT2D eigenvalue weighted by atomic mass is 10.2. The van der Waals surface area contributed by atoms with Crippen molar-refractivity contribution in [3.8, 4) is 0 Å². The molecule has 1 unspecified atom stereocenters. The molecule has 0 aromatic rings. The van der Waals surface area contributed by atoms with Gasteiger partial charge in [0.15, 0.2) is 0 Å². The Labute approximate surface area is 91.0 Å². The third kappa shape index (κ3) is 6.90. The quantitative estimate of drug-likeness (QED) is 0.558. The summed E-state index contributed by atoms with van der Waals surface area (Å²) in [7, 11) is 1.57. The minimum Gasteiger partial charge on any atom is -0.358 e. The molecule has 0 saturated heterocycles. The first kappa shape index (κ1) is 13.9. The van der Waals surface area contributed by atoms with E-state index in [9.17, 15) is 9.59 Å². The molecule has 0 spiro atoms. The summed E-state index contributed by atoms with van der Waals surface area (Å²) in [5.74, 6) is 0.233. The van der Waals surface area contributed by atoms with Gasteiger partial charge in [-0.15, -0.1) is 0 Å². The number of rotatable bonds is 6. The van der Waals surface area contributed by atoms with Crippen LogP contribution < -0.4 is 16.0 Å². The average Bonchev–Trinajstić information content (AvgIpc) is 2.21. The molecule has 0 aliphatic heterocycles. The van der Waals surface area contributed by atoms with Crippen LogP contribution in [0, 0.1) is 5.92 Å².